The second-order valence-electron chi connectivity index (χ2n) is 5.20. The molecule has 0 spiro atoms. The molecule has 0 atom stereocenters. The molecule has 1 aromatic heterocycles. The fourth-order valence-electron chi connectivity index (χ4n) is 2.60. The molecule has 2 rings (SSSR count). The number of nitrogens with two attached hydrogens (primary N) is 1. The largest absolute Gasteiger partial charge is 0.481 e. The number of nitrogens with one attached hydrogen (secondary N) is 1. The fourth-order valence-corrected chi connectivity index (χ4v) is 2.60. The van der Waals surface area contributed by atoms with Gasteiger partial charge < -0.3 is 16.2 Å². The minimum absolute atomic E-state index is 0.206. The van der Waals surface area contributed by atoms with Gasteiger partial charge in [-0.05, 0) is 43.7 Å². The van der Waals surface area contributed by atoms with Crippen molar-refractivity contribution in [2.45, 2.75) is 25.7 Å². The molecule has 6 heteroatoms. The number of aromatic nitrogens is 1. The Morgan fingerprint density at radius 1 is 1.35 bits per heavy atom. The average molecular weight is 277 g/mol. The number of hydrogen-bond donors (Lipinski definition) is 3. The summed E-state index contributed by atoms with van der Waals surface area (Å²) < 4.78 is 0. The number of carboxylic acids is 1. The minimum Gasteiger partial charge on any atom is -0.481 e. The lowest BCUT2D eigenvalue weighted by atomic mass is 9.82. The smallest absolute Gasteiger partial charge is 0.306 e. The van der Waals surface area contributed by atoms with Gasteiger partial charge in [-0.3, -0.25) is 9.59 Å². The van der Waals surface area contributed by atoms with E-state index in [4.69, 9.17) is 10.8 Å². The van der Waals surface area contributed by atoms with Gasteiger partial charge in [-0.1, -0.05) is 0 Å². The molecular formula is C14H19N3O3. The predicted octanol–water partition coefficient (Wildman–Crippen LogP) is 1.48. The minimum atomic E-state index is -0.697. The van der Waals surface area contributed by atoms with Crippen LogP contribution in [0.5, 0.6) is 0 Å². The van der Waals surface area contributed by atoms with Crippen molar-refractivity contribution >= 4 is 17.7 Å². The molecule has 0 saturated heterocycles. The van der Waals surface area contributed by atoms with Gasteiger partial charge in [0.05, 0.1) is 11.5 Å². The Morgan fingerprint density at radius 3 is 2.65 bits per heavy atom. The van der Waals surface area contributed by atoms with E-state index in [0.717, 1.165) is 12.8 Å². The summed E-state index contributed by atoms with van der Waals surface area (Å²) in [5, 5.41) is 12.1. The van der Waals surface area contributed by atoms with Crippen LogP contribution in [0, 0.1) is 11.8 Å². The van der Waals surface area contributed by atoms with Gasteiger partial charge in [0.15, 0.2) is 0 Å². The number of carboxylic acid groups (broad SMARTS) is 1. The summed E-state index contributed by atoms with van der Waals surface area (Å²) in [5.74, 6) is -0.497. The van der Waals surface area contributed by atoms with Crippen molar-refractivity contribution in [2.24, 2.45) is 17.6 Å². The number of amides is 1. The van der Waals surface area contributed by atoms with E-state index in [9.17, 15) is 9.59 Å². The lowest BCUT2D eigenvalue weighted by Gasteiger charge is -2.26. The summed E-state index contributed by atoms with van der Waals surface area (Å²) in [5.41, 5.74) is 5.67. The lowest BCUT2D eigenvalue weighted by Crippen LogP contribution is -2.26. The van der Waals surface area contributed by atoms with Crippen LogP contribution in [0.4, 0.5) is 5.82 Å². The summed E-state index contributed by atoms with van der Waals surface area (Å²) >= 11 is 0. The van der Waals surface area contributed by atoms with E-state index in [1.165, 1.54) is 0 Å². The Morgan fingerprint density at radius 2 is 2.05 bits per heavy atom. The van der Waals surface area contributed by atoms with E-state index < -0.39 is 11.9 Å². The quantitative estimate of drug-likeness (QED) is 0.756. The molecule has 0 aromatic carbocycles. The van der Waals surface area contributed by atoms with Crippen LogP contribution in [-0.4, -0.2) is 28.5 Å². The Kier molecular flexibility index (Phi) is 4.55. The number of primary amides is 1. The highest BCUT2D eigenvalue weighted by Gasteiger charge is 2.25. The molecule has 1 fully saturated rings. The monoisotopic (exact) mass is 277 g/mol. The molecule has 1 saturated carbocycles. The molecule has 0 radical (unpaired) electrons. The number of hydrogen-bond acceptors (Lipinski definition) is 4. The maximum atomic E-state index is 11.3. The van der Waals surface area contributed by atoms with E-state index in [1.54, 1.807) is 18.3 Å². The van der Waals surface area contributed by atoms with Crippen molar-refractivity contribution in [3.05, 3.63) is 23.9 Å². The van der Waals surface area contributed by atoms with Crippen LogP contribution < -0.4 is 11.1 Å². The zero-order valence-electron chi connectivity index (χ0n) is 11.2. The Balaban J connectivity index is 1.88. The van der Waals surface area contributed by atoms with Crippen molar-refractivity contribution < 1.29 is 14.7 Å². The van der Waals surface area contributed by atoms with Crippen LogP contribution in [0.3, 0.4) is 0 Å². The standard InChI is InChI=1S/C14H19N3O3/c15-12(18)11-2-1-7-16-13(11)17-8-9-3-5-10(6-4-9)14(19)20/h1-2,7,9-10H,3-6,8H2,(H2,15,18)(H,16,17)(H,19,20). The third-order valence-corrected chi connectivity index (χ3v) is 3.83. The van der Waals surface area contributed by atoms with Crippen molar-refractivity contribution in [1.82, 2.24) is 4.98 Å². The number of pyridine rings is 1. The molecule has 1 amide bonds. The highest BCUT2D eigenvalue weighted by atomic mass is 16.4. The first-order valence-electron chi connectivity index (χ1n) is 6.79. The van der Waals surface area contributed by atoms with Gasteiger partial charge in [-0.15, -0.1) is 0 Å². The first kappa shape index (κ1) is 14.3. The van der Waals surface area contributed by atoms with Crippen LogP contribution in [0.15, 0.2) is 18.3 Å². The van der Waals surface area contributed by atoms with Crippen LogP contribution in [0.25, 0.3) is 0 Å². The van der Waals surface area contributed by atoms with Gasteiger partial charge in [0.1, 0.15) is 5.82 Å². The van der Waals surface area contributed by atoms with E-state index in [0.29, 0.717) is 36.7 Å². The van der Waals surface area contributed by atoms with Crippen molar-refractivity contribution in [3.63, 3.8) is 0 Å². The van der Waals surface area contributed by atoms with E-state index >= 15 is 0 Å². The highest BCUT2D eigenvalue weighted by molar-refractivity contribution is 5.97. The molecular weight excluding hydrogens is 258 g/mol. The lowest BCUT2D eigenvalue weighted by molar-refractivity contribution is -0.143. The number of anilines is 1. The van der Waals surface area contributed by atoms with Crippen LogP contribution in [-0.2, 0) is 4.79 Å². The molecule has 6 nitrogen and oxygen atoms in total. The molecule has 0 unspecified atom stereocenters. The molecule has 0 bridgehead atoms. The van der Waals surface area contributed by atoms with Gasteiger partial charge >= 0.3 is 5.97 Å². The summed E-state index contributed by atoms with van der Waals surface area (Å²) in [4.78, 5) is 26.3. The van der Waals surface area contributed by atoms with Crippen molar-refractivity contribution in [3.8, 4) is 0 Å². The molecule has 1 heterocycles. The number of aliphatic carboxylic acids is 1. The normalized spacial score (nSPS) is 22.2. The maximum absolute atomic E-state index is 11.3. The SMILES string of the molecule is NC(=O)c1cccnc1NCC1CCC(C(=O)O)CC1. The summed E-state index contributed by atoms with van der Waals surface area (Å²) in [7, 11) is 0. The maximum Gasteiger partial charge on any atom is 0.306 e. The first-order valence-corrected chi connectivity index (χ1v) is 6.79. The average Bonchev–Trinajstić information content (AvgIpc) is 2.45. The fraction of sp³-hybridized carbons (Fsp3) is 0.500. The molecule has 1 aromatic rings. The molecule has 1 aliphatic carbocycles. The third-order valence-electron chi connectivity index (χ3n) is 3.83. The van der Waals surface area contributed by atoms with Crippen LogP contribution in [0.1, 0.15) is 36.0 Å². The van der Waals surface area contributed by atoms with Crippen LogP contribution in [0.2, 0.25) is 0 Å². The van der Waals surface area contributed by atoms with Gasteiger partial charge in [-0.25, -0.2) is 4.98 Å². The Labute approximate surface area is 117 Å². The van der Waals surface area contributed by atoms with Gasteiger partial charge in [0.25, 0.3) is 5.91 Å². The second kappa shape index (κ2) is 6.36. The zero-order chi connectivity index (χ0) is 14.5. The van der Waals surface area contributed by atoms with Crippen LogP contribution >= 0.6 is 0 Å². The van der Waals surface area contributed by atoms with Gasteiger partial charge in [0, 0.05) is 12.7 Å². The van der Waals surface area contributed by atoms with Crippen molar-refractivity contribution in [1.29, 1.82) is 0 Å². The summed E-state index contributed by atoms with van der Waals surface area (Å²) in [6, 6.07) is 3.31. The van der Waals surface area contributed by atoms with Gasteiger partial charge in [-0.2, -0.15) is 0 Å². The highest BCUT2D eigenvalue weighted by Crippen LogP contribution is 2.29. The second-order valence-corrected chi connectivity index (χ2v) is 5.20. The predicted molar refractivity (Wildman–Crippen MR) is 74.3 cm³/mol. The first-order chi connectivity index (χ1) is 9.58. The van der Waals surface area contributed by atoms with E-state index in [1.807, 2.05) is 0 Å². The number of carbonyl (C=O) groups is 2. The number of carbonyl (C=O) groups excluding carboxylic acids is 1. The third kappa shape index (κ3) is 3.46. The molecule has 108 valence electrons. The molecule has 20 heavy (non-hydrogen) atoms. The zero-order valence-corrected chi connectivity index (χ0v) is 11.2. The molecule has 4 N–H and O–H groups in total. The number of nitrogens with zero attached hydrogens (tertiary/aromatic N) is 1. The van der Waals surface area contributed by atoms with Gasteiger partial charge in [0.2, 0.25) is 0 Å². The summed E-state index contributed by atoms with van der Waals surface area (Å²) in [6.07, 6.45) is 4.79. The topological polar surface area (TPSA) is 105 Å². The Bertz CT molecular complexity index is 496. The molecule has 0 aliphatic heterocycles. The molecule has 1 aliphatic rings. The van der Waals surface area contributed by atoms with Crippen molar-refractivity contribution in [2.75, 3.05) is 11.9 Å². The number of rotatable bonds is 5. The van der Waals surface area contributed by atoms with E-state index in [-0.39, 0.29) is 5.92 Å². The Hall–Kier alpha value is -2.11. The van der Waals surface area contributed by atoms with E-state index in [2.05, 4.69) is 10.3 Å². The summed E-state index contributed by atoms with van der Waals surface area (Å²) in [6.45, 7) is 0.684.